The van der Waals surface area contributed by atoms with Gasteiger partial charge in [0.2, 0.25) is 5.91 Å². The van der Waals surface area contributed by atoms with Crippen LogP contribution < -0.4 is 10.6 Å². The average Bonchev–Trinajstić information content (AvgIpc) is 2.47. The highest BCUT2D eigenvalue weighted by Gasteiger charge is 2.16. The number of aliphatic hydroxyl groups excluding tert-OH is 1. The zero-order valence-electron chi connectivity index (χ0n) is 12.0. The normalized spacial score (nSPS) is 13.8. The molecule has 1 aromatic carbocycles. The minimum atomic E-state index is -0.842. The van der Waals surface area contributed by atoms with Crippen LogP contribution in [0, 0.1) is 0 Å². The summed E-state index contributed by atoms with van der Waals surface area (Å²) in [5.41, 5.74) is 0.531. The Bertz CT molecular complexity index is 472. The molecule has 118 valence electrons. The molecule has 2 atom stereocenters. The Balaban J connectivity index is 2.46. The molecular weight excluding hydrogens is 315 g/mol. The van der Waals surface area contributed by atoms with E-state index in [9.17, 15) is 9.90 Å². The molecule has 0 saturated carbocycles. The number of amides is 1. The van der Waals surface area contributed by atoms with E-state index in [0.29, 0.717) is 28.8 Å². The Morgan fingerprint density at radius 3 is 2.81 bits per heavy atom. The van der Waals surface area contributed by atoms with Gasteiger partial charge in [-0.25, -0.2) is 0 Å². The molecule has 0 aromatic heterocycles. The third-order valence-electron chi connectivity index (χ3n) is 2.93. The molecule has 7 heteroatoms. The molecule has 1 rings (SSSR count). The van der Waals surface area contributed by atoms with E-state index >= 15 is 0 Å². The molecule has 1 aromatic rings. The molecule has 0 spiro atoms. The first-order valence-corrected chi connectivity index (χ1v) is 7.34. The number of hydrogen-bond acceptors (Lipinski definition) is 4. The predicted molar refractivity (Wildman–Crippen MR) is 83.8 cm³/mol. The molecule has 0 bridgehead atoms. The molecule has 0 radical (unpaired) electrons. The monoisotopic (exact) mass is 334 g/mol. The predicted octanol–water partition coefficient (Wildman–Crippen LogP) is 1.77. The Hall–Kier alpha value is -0.850. The van der Waals surface area contributed by atoms with Crippen molar-refractivity contribution in [3.05, 3.63) is 33.8 Å². The highest BCUT2D eigenvalue weighted by Crippen LogP contribution is 2.25. The van der Waals surface area contributed by atoms with Crippen molar-refractivity contribution >= 4 is 29.1 Å². The Morgan fingerprint density at radius 2 is 2.14 bits per heavy atom. The van der Waals surface area contributed by atoms with Crippen molar-refractivity contribution in [2.75, 3.05) is 26.8 Å². The van der Waals surface area contributed by atoms with Gasteiger partial charge in [-0.05, 0) is 25.1 Å². The zero-order valence-corrected chi connectivity index (χ0v) is 13.5. The lowest BCUT2D eigenvalue weighted by Crippen LogP contribution is -2.44. The SMILES string of the molecule is COCCNC(=O)C(C)NCC(O)c1cc(Cl)ccc1Cl. The second-order valence-electron chi connectivity index (χ2n) is 4.60. The number of hydrogen-bond donors (Lipinski definition) is 3. The van der Waals surface area contributed by atoms with Crippen LogP contribution in [0.2, 0.25) is 10.0 Å². The molecule has 0 saturated heterocycles. The molecule has 0 fully saturated rings. The van der Waals surface area contributed by atoms with Gasteiger partial charge in [0.15, 0.2) is 0 Å². The van der Waals surface area contributed by atoms with E-state index in [0.717, 1.165) is 0 Å². The first-order chi connectivity index (χ1) is 9.95. The summed E-state index contributed by atoms with van der Waals surface area (Å²) >= 11 is 11.9. The Morgan fingerprint density at radius 1 is 1.43 bits per heavy atom. The zero-order chi connectivity index (χ0) is 15.8. The molecule has 0 aliphatic carbocycles. The molecule has 21 heavy (non-hydrogen) atoms. The fourth-order valence-corrected chi connectivity index (χ4v) is 2.11. The standard InChI is InChI=1S/C14H20Cl2N2O3/c1-9(14(20)17-5-6-21-2)18-8-13(19)11-7-10(15)3-4-12(11)16/h3-4,7,9,13,18-19H,5-6,8H2,1-2H3,(H,17,20). The molecule has 5 nitrogen and oxygen atoms in total. The van der Waals surface area contributed by atoms with Crippen LogP contribution in [0.4, 0.5) is 0 Å². The van der Waals surface area contributed by atoms with Gasteiger partial charge in [0.05, 0.1) is 18.8 Å². The lowest BCUT2D eigenvalue weighted by molar-refractivity contribution is -0.123. The van der Waals surface area contributed by atoms with E-state index in [1.807, 2.05) is 0 Å². The fourth-order valence-electron chi connectivity index (χ4n) is 1.69. The lowest BCUT2D eigenvalue weighted by Gasteiger charge is -2.18. The molecule has 0 aliphatic rings. The molecule has 2 unspecified atom stereocenters. The third-order valence-corrected chi connectivity index (χ3v) is 3.51. The topological polar surface area (TPSA) is 70.6 Å². The van der Waals surface area contributed by atoms with Gasteiger partial charge in [-0.15, -0.1) is 0 Å². The first kappa shape index (κ1) is 18.2. The van der Waals surface area contributed by atoms with Crippen molar-refractivity contribution in [1.29, 1.82) is 0 Å². The third kappa shape index (κ3) is 6.20. The summed E-state index contributed by atoms with van der Waals surface area (Å²) in [4.78, 5) is 11.7. The second kappa shape index (κ2) is 9.23. The first-order valence-electron chi connectivity index (χ1n) is 6.58. The van der Waals surface area contributed by atoms with Crippen LogP contribution in [0.15, 0.2) is 18.2 Å². The highest BCUT2D eigenvalue weighted by atomic mass is 35.5. The Kier molecular flexibility index (Phi) is 8.00. The van der Waals surface area contributed by atoms with Crippen LogP contribution in [0.3, 0.4) is 0 Å². The average molecular weight is 335 g/mol. The number of methoxy groups -OCH3 is 1. The van der Waals surface area contributed by atoms with Gasteiger partial charge in [-0.1, -0.05) is 23.2 Å². The van der Waals surface area contributed by atoms with Gasteiger partial charge >= 0.3 is 0 Å². The van der Waals surface area contributed by atoms with Gasteiger partial charge in [0.25, 0.3) is 0 Å². The number of rotatable bonds is 8. The number of carbonyl (C=O) groups excluding carboxylic acids is 1. The number of ether oxygens (including phenoxy) is 1. The van der Waals surface area contributed by atoms with Crippen molar-refractivity contribution in [3.8, 4) is 0 Å². The summed E-state index contributed by atoms with van der Waals surface area (Å²) in [6, 6.07) is 4.46. The van der Waals surface area contributed by atoms with E-state index in [1.54, 1.807) is 32.2 Å². The van der Waals surface area contributed by atoms with Crippen LogP contribution in [0.1, 0.15) is 18.6 Å². The van der Waals surface area contributed by atoms with E-state index in [2.05, 4.69) is 10.6 Å². The molecule has 0 aliphatic heterocycles. The maximum absolute atomic E-state index is 11.7. The van der Waals surface area contributed by atoms with Crippen molar-refractivity contribution in [2.45, 2.75) is 19.1 Å². The number of nitrogens with one attached hydrogen (secondary N) is 2. The Labute approximate surface area is 134 Å². The van der Waals surface area contributed by atoms with Gasteiger partial charge in [0.1, 0.15) is 0 Å². The number of benzene rings is 1. The summed E-state index contributed by atoms with van der Waals surface area (Å²) < 4.78 is 4.85. The minimum Gasteiger partial charge on any atom is -0.387 e. The van der Waals surface area contributed by atoms with Gasteiger partial charge in [0, 0.05) is 35.8 Å². The van der Waals surface area contributed by atoms with Gasteiger partial charge < -0.3 is 20.5 Å². The maximum atomic E-state index is 11.7. The molecular formula is C14H20Cl2N2O3. The lowest BCUT2D eigenvalue weighted by atomic mass is 10.1. The highest BCUT2D eigenvalue weighted by molar-refractivity contribution is 6.33. The van der Waals surface area contributed by atoms with E-state index in [4.69, 9.17) is 27.9 Å². The smallest absolute Gasteiger partial charge is 0.236 e. The van der Waals surface area contributed by atoms with Crippen LogP contribution in [-0.4, -0.2) is 43.9 Å². The minimum absolute atomic E-state index is 0.156. The fraction of sp³-hybridized carbons (Fsp3) is 0.500. The van der Waals surface area contributed by atoms with Crippen molar-refractivity contribution in [1.82, 2.24) is 10.6 Å². The van der Waals surface area contributed by atoms with Crippen LogP contribution in [0.25, 0.3) is 0 Å². The number of carbonyl (C=O) groups is 1. The van der Waals surface area contributed by atoms with Crippen LogP contribution in [-0.2, 0) is 9.53 Å². The van der Waals surface area contributed by atoms with Crippen molar-refractivity contribution in [3.63, 3.8) is 0 Å². The van der Waals surface area contributed by atoms with Crippen molar-refractivity contribution in [2.24, 2.45) is 0 Å². The number of aliphatic hydroxyl groups is 1. The summed E-state index contributed by atoms with van der Waals surface area (Å²) in [6.45, 7) is 2.82. The second-order valence-corrected chi connectivity index (χ2v) is 5.44. The van der Waals surface area contributed by atoms with Gasteiger partial charge in [-0.3, -0.25) is 4.79 Å². The van der Waals surface area contributed by atoms with Crippen LogP contribution >= 0.6 is 23.2 Å². The van der Waals surface area contributed by atoms with Gasteiger partial charge in [-0.2, -0.15) is 0 Å². The molecule has 3 N–H and O–H groups in total. The van der Waals surface area contributed by atoms with E-state index < -0.39 is 12.1 Å². The van der Waals surface area contributed by atoms with Crippen molar-refractivity contribution < 1.29 is 14.6 Å². The largest absolute Gasteiger partial charge is 0.387 e. The summed E-state index contributed by atoms with van der Waals surface area (Å²) in [5, 5.41) is 16.7. The summed E-state index contributed by atoms with van der Waals surface area (Å²) in [6.07, 6.45) is -0.842. The molecule has 0 heterocycles. The van der Waals surface area contributed by atoms with Crippen LogP contribution in [0.5, 0.6) is 0 Å². The molecule has 1 amide bonds. The summed E-state index contributed by atoms with van der Waals surface area (Å²) in [7, 11) is 1.57. The van der Waals surface area contributed by atoms with E-state index in [-0.39, 0.29) is 12.5 Å². The summed E-state index contributed by atoms with van der Waals surface area (Å²) in [5.74, 6) is -0.156. The maximum Gasteiger partial charge on any atom is 0.236 e. The van der Waals surface area contributed by atoms with E-state index in [1.165, 1.54) is 0 Å². The number of halogens is 2. The quantitative estimate of drug-likeness (QED) is 0.633.